The van der Waals surface area contributed by atoms with E-state index < -0.39 is 30.7 Å². The molecule has 0 aliphatic heterocycles. The Morgan fingerprint density at radius 3 is 1.32 bits per heavy atom. The highest BCUT2D eigenvalue weighted by Gasteiger charge is 2.85. The lowest BCUT2D eigenvalue weighted by Gasteiger charge is -2.38. The zero-order valence-corrected chi connectivity index (χ0v) is 13.5. The molecule has 150 valence electrons. The van der Waals surface area contributed by atoms with Crippen LogP contribution in [0.3, 0.4) is 0 Å². The summed E-state index contributed by atoms with van der Waals surface area (Å²) in [7, 11) is 0. The highest BCUT2D eigenvalue weighted by atomic mass is 19.4. The molecule has 1 nitrogen and oxygen atoms in total. The zero-order valence-electron chi connectivity index (χ0n) is 13.5. The Morgan fingerprint density at radius 2 is 0.960 bits per heavy atom. The minimum Gasteiger partial charge on any atom is -0.351 e. The summed E-state index contributed by atoms with van der Waals surface area (Å²) in [4.78, 5) is 0. The smallest absolute Gasteiger partial charge is 0.351 e. The van der Waals surface area contributed by atoms with Crippen molar-refractivity contribution in [3.63, 3.8) is 0 Å². The summed E-state index contributed by atoms with van der Waals surface area (Å²) in [6.45, 7) is 2.26. The van der Waals surface area contributed by atoms with Crippen LogP contribution >= 0.6 is 0 Å². The number of hydrogen-bond donors (Lipinski definition) is 0. The molecule has 0 aliphatic rings. The molecule has 0 saturated carbocycles. The number of hydrogen-bond acceptors (Lipinski definition) is 1. The third-order valence-corrected chi connectivity index (χ3v) is 3.57. The Bertz CT molecular complexity index is 346. The second-order valence-corrected chi connectivity index (χ2v) is 5.58. The van der Waals surface area contributed by atoms with Crippen molar-refractivity contribution in [2.75, 3.05) is 6.61 Å². The van der Waals surface area contributed by atoms with Crippen molar-refractivity contribution in [2.45, 2.75) is 75.5 Å². The van der Waals surface area contributed by atoms with E-state index in [9.17, 15) is 39.5 Å². The fourth-order valence-electron chi connectivity index (χ4n) is 2.23. The van der Waals surface area contributed by atoms with E-state index in [1.54, 1.807) is 6.08 Å². The fourth-order valence-corrected chi connectivity index (χ4v) is 2.23. The van der Waals surface area contributed by atoms with Gasteiger partial charge in [0.2, 0.25) is 0 Å². The maximum Gasteiger partial charge on any atom is 0.435 e. The quantitative estimate of drug-likeness (QED) is 0.216. The molecule has 0 rings (SSSR count). The first-order valence-corrected chi connectivity index (χ1v) is 7.76. The average molecular weight is 388 g/mol. The topological polar surface area (TPSA) is 9.23 Å². The number of halogens is 9. The van der Waals surface area contributed by atoms with Crippen LogP contribution in [0, 0.1) is 0 Å². The van der Waals surface area contributed by atoms with Crippen molar-refractivity contribution in [1.29, 1.82) is 0 Å². The van der Waals surface area contributed by atoms with Crippen molar-refractivity contribution in [2.24, 2.45) is 0 Å². The van der Waals surface area contributed by atoms with Gasteiger partial charge in [0.1, 0.15) is 0 Å². The molecule has 0 saturated heterocycles. The first-order chi connectivity index (χ1) is 11.3. The van der Waals surface area contributed by atoms with Crippen LogP contribution in [0.4, 0.5) is 39.5 Å². The molecule has 0 radical (unpaired) electrons. The summed E-state index contributed by atoms with van der Waals surface area (Å²) in [5.41, 5.74) is -6.16. The second-order valence-electron chi connectivity index (χ2n) is 5.58. The first kappa shape index (κ1) is 24.1. The van der Waals surface area contributed by atoms with Gasteiger partial charge in [-0.25, -0.2) is 0 Å². The van der Waals surface area contributed by atoms with E-state index in [0.29, 0.717) is 12.8 Å². The van der Waals surface area contributed by atoms with Gasteiger partial charge in [0, 0.05) is 6.61 Å². The lowest BCUT2D eigenvalue weighted by atomic mass is 10.0. The molecule has 0 amide bonds. The Balaban J connectivity index is 4.51. The molecular formula is C15H21F9O. The van der Waals surface area contributed by atoms with Gasteiger partial charge in [-0.05, 0) is 19.3 Å². The number of rotatable bonds is 11. The summed E-state index contributed by atoms with van der Waals surface area (Å²) in [6.07, 6.45) is -13.7. The van der Waals surface area contributed by atoms with E-state index >= 15 is 0 Å². The standard InChI is InChI=1S/C15H21F9O/c1-2-3-4-5-6-7-8-9-10-11-25-12(13(16,17)18,14(19,20)21)15(22,23)24/h2H,1,3-11H2. The van der Waals surface area contributed by atoms with E-state index in [-0.39, 0.29) is 12.8 Å². The first-order valence-electron chi connectivity index (χ1n) is 7.76. The molecule has 0 fully saturated rings. The molecule has 0 aromatic carbocycles. The van der Waals surface area contributed by atoms with Gasteiger partial charge in [-0.2, -0.15) is 39.5 Å². The molecule has 25 heavy (non-hydrogen) atoms. The molecule has 0 aromatic rings. The highest BCUT2D eigenvalue weighted by Crippen LogP contribution is 2.54. The Kier molecular flexibility index (Phi) is 9.32. The molecule has 0 bridgehead atoms. The number of ether oxygens (including phenoxy) is 1. The van der Waals surface area contributed by atoms with Crippen LogP contribution in [-0.4, -0.2) is 30.7 Å². The minimum absolute atomic E-state index is 0.186. The maximum absolute atomic E-state index is 12.6. The summed E-state index contributed by atoms with van der Waals surface area (Å²) in [6, 6.07) is 0. The van der Waals surface area contributed by atoms with E-state index in [4.69, 9.17) is 0 Å². The van der Waals surface area contributed by atoms with Crippen LogP contribution < -0.4 is 0 Å². The maximum atomic E-state index is 12.6. The van der Waals surface area contributed by atoms with Gasteiger partial charge in [0.05, 0.1) is 0 Å². The van der Waals surface area contributed by atoms with Crippen LogP contribution in [0.1, 0.15) is 51.4 Å². The van der Waals surface area contributed by atoms with Gasteiger partial charge < -0.3 is 4.74 Å². The van der Waals surface area contributed by atoms with Crippen LogP contribution in [0.5, 0.6) is 0 Å². The summed E-state index contributed by atoms with van der Waals surface area (Å²) < 4.78 is 117. The third kappa shape index (κ3) is 6.71. The lowest BCUT2D eigenvalue weighted by Crippen LogP contribution is -2.67. The average Bonchev–Trinajstić information content (AvgIpc) is 2.40. The summed E-state index contributed by atoms with van der Waals surface area (Å²) in [5, 5.41) is 0. The van der Waals surface area contributed by atoms with Crippen molar-refractivity contribution in [1.82, 2.24) is 0 Å². The molecule has 10 heteroatoms. The molecule has 0 aromatic heterocycles. The van der Waals surface area contributed by atoms with Gasteiger partial charge in [-0.1, -0.05) is 38.2 Å². The van der Waals surface area contributed by atoms with Crippen molar-refractivity contribution >= 4 is 0 Å². The Morgan fingerprint density at radius 1 is 0.600 bits per heavy atom. The Labute approximate surface area is 140 Å². The van der Waals surface area contributed by atoms with Crippen LogP contribution in [0.25, 0.3) is 0 Å². The molecule has 0 heterocycles. The third-order valence-electron chi connectivity index (χ3n) is 3.57. The summed E-state index contributed by atoms with van der Waals surface area (Å²) >= 11 is 0. The van der Waals surface area contributed by atoms with Crippen LogP contribution in [-0.2, 0) is 4.74 Å². The fraction of sp³-hybridized carbons (Fsp3) is 0.867. The predicted octanol–water partition coefficient (Wildman–Crippen LogP) is 6.74. The summed E-state index contributed by atoms with van der Waals surface area (Å²) in [5.74, 6) is 0. The number of unbranched alkanes of at least 4 members (excludes halogenated alkanes) is 7. The van der Waals surface area contributed by atoms with Gasteiger partial charge in [0.15, 0.2) is 0 Å². The van der Waals surface area contributed by atoms with Crippen molar-refractivity contribution < 1.29 is 44.3 Å². The molecule has 0 atom stereocenters. The van der Waals surface area contributed by atoms with Crippen LogP contribution in [0.2, 0.25) is 0 Å². The van der Waals surface area contributed by atoms with Gasteiger partial charge >= 0.3 is 24.1 Å². The van der Waals surface area contributed by atoms with E-state index in [1.807, 2.05) is 0 Å². The molecule has 0 aliphatic carbocycles. The van der Waals surface area contributed by atoms with E-state index in [1.165, 1.54) is 0 Å². The number of allylic oxidation sites excluding steroid dienone is 1. The van der Waals surface area contributed by atoms with Crippen molar-refractivity contribution in [3.8, 4) is 0 Å². The molecular weight excluding hydrogens is 367 g/mol. The van der Waals surface area contributed by atoms with E-state index in [2.05, 4.69) is 11.3 Å². The number of alkyl halides is 9. The highest BCUT2D eigenvalue weighted by molar-refractivity contribution is 5.02. The molecule has 0 unspecified atom stereocenters. The van der Waals surface area contributed by atoms with Crippen LogP contribution in [0.15, 0.2) is 12.7 Å². The van der Waals surface area contributed by atoms with Gasteiger partial charge in [0.25, 0.3) is 0 Å². The van der Waals surface area contributed by atoms with Crippen molar-refractivity contribution in [3.05, 3.63) is 12.7 Å². The monoisotopic (exact) mass is 388 g/mol. The normalized spacial score (nSPS) is 14.0. The molecule has 0 N–H and O–H groups in total. The predicted molar refractivity (Wildman–Crippen MR) is 74.0 cm³/mol. The molecule has 0 spiro atoms. The largest absolute Gasteiger partial charge is 0.435 e. The van der Waals surface area contributed by atoms with Gasteiger partial charge in [-0.3, -0.25) is 0 Å². The Hall–Kier alpha value is -0.930. The van der Waals surface area contributed by atoms with E-state index in [0.717, 1.165) is 25.7 Å². The minimum atomic E-state index is -6.66. The SMILES string of the molecule is C=CCCCCCCCCCOC(C(F)(F)F)(C(F)(F)F)C(F)(F)F. The lowest BCUT2D eigenvalue weighted by molar-refractivity contribution is -0.457. The zero-order chi connectivity index (χ0) is 19.8. The second kappa shape index (κ2) is 9.68. The van der Waals surface area contributed by atoms with Gasteiger partial charge in [-0.15, -0.1) is 6.58 Å².